The zero-order valence-electron chi connectivity index (χ0n) is 11.1. The number of hydrogen-bond donors (Lipinski definition) is 3. The lowest BCUT2D eigenvalue weighted by atomic mass is 10.2. The maximum atomic E-state index is 12.7. The van der Waals surface area contributed by atoms with Crippen molar-refractivity contribution in [2.24, 2.45) is 0 Å². The Morgan fingerprint density at radius 2 is 2.05 bits per heavy atom. The molecule has 0 saturated heterocycles. The highest BCUT2D eigenvalue weighted by atomic mass is 19.4. The molecule has 1 heterocycles. The number of nitrogens with one attached hydrogen (secondary N) is 3. The van der Waals surface area contributed by atoms with E-state index in [9.17, 15) is 18.0 Å². The molecule has 2 rings (SSSR count). The molecule has 0 saturated carbocycles. The fourth-order valence-electron chi connectivity index (χ4n) is 1.73. The van der Waals surface area contributed by atoms with Gasteiger partial charge in [-0.1, -0.05) is 6.07 Å². The van der Waals surface area contributed by atoms with Crippen molar-refractivity contribution in [1.29, 1.82) is 0 Å². The van der Waals surface area contributed by atoms with Crippen LogP contribution in [0.25, 0.3) is 0 Å². The van der Waals surface area contributed by atoms with E-state index < -0.39 is 17.3 Å². The summed E-state index contributed by atoms with van der Waals surface area (Å²) in [6.45, 7) is 2.37. The van der Waals surface area contributed by atoms with Crippen LogP contribution < -0.4 is 16.2 Å². The van der Waals surface area contributed by atoms with Crippen LogP contribution in [0.4, 0.5) is 30.4 Å². The Hall–Kier alpha value is -2.51. The summed E-state index contributed by atoms with van der Waals surface area (Å²) in [5.41, 5.74) is -0.523. The summed E-state index contributed by atoms with van der Waals surface area (Å²) in [5.74, 6) is 0.246. The van der Waals surface area contributed by atoms with Crippen LogP contribution in [-0.4, -0.2) is 16.7 Å². The van der Waals surface area contributed by atoms with Gasteiger partial charge in [-0.15, -0.1) is 0 Å². The first-order valence-corrected chi connectivity index (χ1v) is 6.18. The predicted molar refractivity (Wildman–Crippen MR) is 73.7 cm³/mol. The van der Waals surface area contributed by atoms with E-state index in [1.165, 1.54) is 18.2 Å². The highest BCUT2D eigenvalue weighted by Gasteiger charge is 2.30. The Balaban J connectivity index is 2.32. The molecule has 21 heavy (non-hydrogen) atoms. The minimum absolute atomic E-state index is 0.225. The highest BCUT2D eigenvalue weighted by Crippen LogP contribution is 2.31. The Kier molecular flexibility index (Phi) is 4.15. The van der Waals surface area contributed by atoms with Crippen LogP contribution in [0.15, 0.2) is 35.1 Å². The molecular weight excluding hydrogens is 285 g/mol. The first-order valence-electron chi connectivity index (χ1n) is 6.18. The van der Waals surface area contributed by atoms with Crippen molar-refractivity contribution in [2.45, 2.75) is 13.1 Å². The standard InChI is InChI=1S/C13H13F3N4O/c1-2-17-10-7-11(21)19-20-12(10)18-9-5-3-4-8(6-9)13(14,15)16/h3-7H,2H2,1H3,(H,18,20)(H2,17,19,21). The normalized spacial score (nSPS) is 11.2. The van der Waals surface area contributed by atoms with Crippen molar-refractivity contribution in [2.75, 3.05) is 17.2 Å². The van der Waals surface area contributed by atoms with Crippen LogP contribution in [0.5, 0.6) is 0 Å². The second-order valence-electron chi connectivity index (χ2n) is 4.23. The molecular formula is C13H13F3N4O. The van der Waals surface area contributed by atoms with Gasteiger partial charge in [-0.05, 0) is 25.1 Å². The molecule has 0 spiro atoms. The van der Waals surface area contributed by atoms with Gasteiger partial charge in [-0.25, -0.2) is 5.10 Å². The number of alkyl halides is 3. The molecule has 5 nitrogen and oxygen atoms in total. The summed E-state index contributed by atoms with van der Waals surface area (Å²) in [5, 5.41) is 11.7. The SMILES string of the molecule is CCNc1cc(=O)[nH]nc1Nc1cccc(C(F)(F)F)c1. The average molecular weight is 298 g/mol. The van der Waals surface area contributed by atoms with Gasteiger partial charge in [0.2, 0.25) is 0 Å². The van der Waals surface area contributed by atoms with E-state index in [2.05, 4.69) is 20.8 Å². The number of halogens is 3. The number of rotatable bonds is 4. The molecule has 1 aromatic heterocycles. The average Bonchev–Trinajstić information content (AvgIpc) is 2.42. The van der Waals surface area contributed by atoms with Gasteiger partial charge in [0, 0.05) is 18.3 Å². The van der Waals surface area contributed by atoms with Gasteiger partial charge in [0.1, 0.15) is 0 Å². The largest absolute Gasteiger partial charge is 0.416 e. The maximum absolute atomic E-state index is 12.7. The lowest BCUT2D eigenvalue weighted by Gasteiger charge is -2.12. The number of anilines is 3. The molecule has 0 aliphatic carbocycles. The van der Waals surface area contributed by atoms with Gasteiger partial charge in [-0.3, -0.25) is 4.79 Å². The van der Waals surface area contributed by atoms with Crippen molar-refractivity contribution < 1.29 is 13.2 Å². The molecule has 0 amide bonds. The summed E-state index contributed by atoms with van der Waals surface area (Å²) >= 11 is 0. The fraction of sp³-hybridized carbons (Fsp3) is 0.231. The molecule has 2 aromatic rings. The summed E-state index contributed by atoms with van der Waals surface area (Å²) in [4.78, 5) is 11.2. The van der Waals surface area contributed by atoms with E-state index in [1.807, 2.05) is 6.92 Å². The number of benzene rings is 1. The zero-order chi connectivity index (χ0) is 15.5. The van der Waals surface area contributed by atoms with Crippen LogP contribution >= 0.6 is 0 Å². The van der Waals surface area contributed by atoms with Gasteiger partial charge in [0.25, 0.3) is 5.56 Å². The summed E-state index contributed by atoms with van der Waals surface area (Å²) in [6.07, 6.45) is -4.42. The van der Waals surface area contributed by atoms with Gasteiger partial charge in [0.05, 0.1) is 11.3 Å². The summed E-state index contributed by atoms with van der Waals surface area (Å²) < 4.78 is 38.0. The predicted octanol–water partition coefficient (Wildman–Crippen LogP) is 2.96. The van der Waals surface area contributed by atoms with Crippen molar-refractivity contribution in [3.8, 4) is 0 Å². The zero-order valence-corrected chi connectivity index (χ0v) is 11.1. The molecule has 0 aliphatic heterocycles. The van der Waals surface area contributed by atoms with Crippen LogP contribution in [0, 0.1) is 0 Å². The third-order valence-electron chi connectivity index (χ3n) is 2.63. The van der Waals surface area contributed by atoms with E-state index in [-0.39, 0.29) is 11.5 Å². The van der Waals surface area contributed by atoms with Crippen LogP contribution in [0.3, 0.4) is 0 Å². The van der Waals surface area contributed by atoms with Crippen molar-refractivity contribution in [3.63, 3.8) is 0 Å². The van der Waals surface area contributed by atoms with E-state index >= 15 is 0 Å². The minimum Gasteiger partial charge on any atom is -0.382 e. The third kappa shape index (κ3) is 3.74. The summed E-state index contributed by atoms with van der Waals surface area (Å²) in [7, 11) is 0. The van der Waals surface area contributed by atoms with Crippen LogP contribution in [-0.2, 0) is 6.18 Å². The molecule has 0 aliphatic rings. The molecule has 0 fully saturated rings. The lowest BCUT2D eigenvalue weighted by Crippen LogP contribution is -2.13. The first kappa shape index (κ1) is 14.9. The Labute approximate surface area is 118 Å². The molecule has 0 atom stereocenters. The van der Waals surface area contributed by atoms with E-state index in [0.29, 0.717) is 12.2 Å². The molecule has 1 aromatic carbocycles. The Morgan fingerprint density at radius 3 is 2.71 bits per heavy atom. The van der Waals surface area contributed by atoms with E-state index in [1.54, 1.807) is 0 Å². The highest BCUT2D eigenvalue weighted by molar-refractivity contribution is 5.70. The smallest absolute Gasteiger partial charge is 0.382 e. The first-order chi connectivity index (χ1) is 9.90. The number of nitrogens with zero attached hydrogens (tertiary/aromatic N) is 1. The Morgan fingerprint density at radius 1 is 1.29 bits per heavy atom. The number of hydrogen-bond acceptors (Lipinski definition) is 4. The minimum atomic E-state index is -4.42. The Bertz CT molecular complexity index is 682. The van der Waals surface area contributed by atoms with Gasteiger partial charge in [0.15, 0.2) is 5.82 Å². The second kappa shape index (κ2) is 5.86. The third-order valence-corrected chi connectivity index (χ3v) is 2.63. The molecule has 0 bridgehead atoms. The van der Waals surface area contributed by atoms with Crippen molar-refractivity contribution >= 4 is 17.2 Å². The number of H-pyrrole nitrogens is 1. The van der Waals surface area contributed by atoms with Gasteiger partial charge >= 0.3 is 6.18 Å². The quantitative estimate of drug-likeness (QED) is 0.811. The number of aromatic nitrogens is 2. The molecule has 8 heteroatoms. The van der Waals surface area contributed by atoms with Crippen molar-refractivity contribution in [3.05, 3.63) is 46.2 Å². The molecule has 112 valence electrons. The van der Waals surface area contributed by atoms with E-state index in [4.69, 9.17) is 0 Å². The van der Waals surface area contributed by atoms with E-state index in [0.717, 1.165) is 12.1 Å². The fourth-order valence-corrected chi connectivity index (χ4v) is 1.73. The van der Waals surface area contributed by atoms with Crippen LogP contribution in [0.2, 0.25) is 0 Å². The van der Waals surface area contributed by atoms with Crippen LogP contribution in [0.1, 0.15) is 12.5 Å². The lowest BCUT2D eigenvalue weighted by molar-refractivity contribution is -0.137. The topological polar surface area (TPSA) is 69.8 Å². The second-order valence-corrected chi connectivity index (χ2v) is 4.23. The monoisotopic (exact) mass is 298 g/mol. The summed E-state index contributed by atoms with van der Waals surface area (Å²) in [6, 6.07) is 6.02. The van der Waals surface area contributed by atoms with Gasteiger partial charge < -0.3 is 10.6 Å². The maximum Gasteiger partial charge on any atom is 0.416 e. The molecule has 0 radical (unpaired) electrons. The van der Waals surface area contributed by atoms with Crippen molar-refractivity contribution in [1.82, 2.24) is 10.2 Å². The van der Waals surface area contributed by atoms with Gasteiger partial charge in [-0.2, -0.15) is 18.3 Å². The number of aromatic amines is 1. The molecule has 0 unspecified atom stereocenters. The molecule has 3 N–H and O–H groups in total.